The molecule has 1 rings (SSSR count). The van der Waals surface area contributed by atoms with E-state index in [1.807, 2.05) is 0 Å². The molecule has 3 N–H and O–H groups in total. The second-order valence-corrected chi connectivity index (χ2v) is 6.51. The molecule has 0 radical (unpaired) electrons. The molecule has 19 heavy (non-hydrogen) atoms. The first kappa shape index (κ1) is 16.0. The summed E-state index contributed by atoms with van der Waals surface area (Å²) in [6.45, 7) is 6.73. The van der Waals surface area contributed by atoms with Crippen molar-refractivity contribution in [1.82, 2.24) is 5.32 Å². The van der Waals surface area contributed by atoms with Crippen molar-refractivity contribution in [2.45, 2.75) is 64.5 Å². The van der Waals surface area contributed by atoms with Gasteiger partial charge >= 0.3 is 5.97 Å². The molecule has 0 saturated heterocycles. The number of amides is 1. The summed E-state index contributed by atoms with van der Waals surface area (Å²) in [6, 6.07) is 0. The van der Waals surface area contributed by atoms with Gasteiger partial charge in [-0.25, -0.2) is 0 Å². The van der Waals surface area contributed by atoms with Crippen LogP contribution in [0.4, 0.5) is 0 Å². The highest BCUT2D eigenvalue weighted by Gasteiger charge is 2.41. The maximum absolute atomic E-state index is 12.3. The molecule has 2 atom stereocenters. The number of nitrogens with one attached hydrogen (secondary N) is 1. The van der Waals surface area contributed by atoms with Gasteiger partial charge in [0.25, 0.3) is 0 Å². The lowest BCUT2D eigenvalue weighted by molar-refractivity contribution is -0.150. The summed E-state index contributed by atoms with van der Waals surface area (Å²) in [4.78, 5) is 23.5. The average molecular weight is 271 g/mol. The Hall–Kier alpha value is -1.10. The number of carboxylic acids is 1. The fraction of sp³-hybridized carbons (Fsp3) is 0.857. The smallest absolute Gasteiger partial charge is 0.307 e. The van der Waals surface area contributed by atoms with Gasteiger partial charge in [0, 0.05) is 0 Å². The molecule has 0 aromatic carbocycles. The molecule has 0 aromatic rings. The summed E-state index contributed by atoms with van der Waals surface area (Å²) >= 11 is 0. The zero-order chi connectivity index (χ0) is 14.8. The second kappa shape index (κ2) is 5.49. The minimum Gasteiger partial charge on any atom is -0.481 e. The van der Waals surface area contributed by atoms with Gasteiger partial charge in [-0.15, -0.1) is 0 Å². The van der Waals surface area contributed by atoms with Crippen LogP contribution in [-0.4, -0.2) is 33.2 Å². The van der Waals surface area contributed by atoms with Gasteiger partial charge in [-0.05, 0) is 40.5 Å². The first-order chi connectivity index (χ1) is 8.56. The molecule has 1 amide bonds. The molecule has 0 spiro atoms. The van der Waals surface area contributed by atoms with Gasteiger partial charge in [0.15, 0.2) is 0 Å². The molecule has 0 bridgehead atoms. The summed E-state index contributed by atoms with van der Waals surface area (Å²) in [5, 5.41) is 22.0. The normalized spacial score (nSPS) is 24.9. The van der Waals surface area contributed by atoms with Crippen LogP contribution in [0.15, 0.2) is 0 Å². The van der Waals surface area contributed by atoms with E-state index >= 15 is 0 Å². The van der Waals surface area contributed by atoms with E-state index in [9.17, 15) is 19.8 Å². The van der Waals surface area contributed by atoms with Crippen molar-refractivity contribution in [2.24, 2.45) is 11.8 Å². The van der Waals surface area contributed by atoms with Crippen LogP contribution in [0.5, 0.6) is 0 Å². The van der Waals surface area contributed by atoms with Gasteiger partial charge in [-0.2, -0.15) is 0 Å². The summed E-state index contributed by atoms with van der Waals surface area (Å²) in [5.41, 5.74) is -1.87. The number of carboxylic acid groups (broad SMARTS) is 1. The van der Waals surface area contributed by atoms with Crippen LogP contribution in [0, 0.1) is 11.8 Å². The van der Waals surface area contributed by atoms with Crippen molar-refractivity contribution >= 4 is 11.9 Å². The fourth-order valence-corrected chi connectivity index (χ4v) is 2.29. The molecule has 5 heteroatoms. The van der Waals surface area contributed by atoms with Crippen molar-refractivity contribution in [2.75, 3.05) is 0 Å². The highest BCUT2D eigenvalue weighted by Crippen LogP contribution is 2.31. The SMILES string of the molecule is CC(C)(O)C(C)(C)NC(=O)[C@@H]1CCCC[C@@H]1C(=O)O. The van der Waals surface area contributed by atoms with E-state index in [1.54, 1.807) is 27.7 Å². The van der Waals surface area contributed by atoms with Crippen LogP contribution in [0.3, 0.4) is 0 Å². The van der Waals surface area contributed by atoms with Gasteiger partial charge in [0.1, 0.15) is 0 Å². The van der Waals surface area contributed by atoms with Crippen molar-refractivity contribution < 1.29 is 19.8 Å². The highest BCUT2D eigenvalue weighted by molar-refractivity contribution is 5.85. The van der Waals surface area contributed by atoms with Crippen LogP contribution in [-0.2, 0) is 9.59 Å². The van der Waals surface area contributed by atoms with Gasteiger partial charge in [-0.1, -0.05) is 12.8 Å². The van der Waals surface area contributed by atoms with E-state index in [4.69, 9.17) is 0 Å². The largest absolute Gasteiger partial charge is 0.481 e. The van der Waals surface area contributed by atoms with Crippen molar-refractivity contribution in [1.29, 1.82) is 0 Å². The standard InChI is InChI=1S/C14H25NO4/c1-13(2,14(3,4)19)15-11(16)9-7-5-6-8-10(9)12(17)18/h9-10,19H,5-8H2,1-4H3,(H,15,16)(H,17,18)/t9-,10+/m1/s1. The maximum atomic E-state index is 12.3. The zero-order valence-corrected chi connectivity index (χ0v) is 12.2. The third kappa shape index (κ3) is 3.69. The summed E-state index contributed by atoms with van der Waals surface area (Å²) < 4.78 is 0. The quantitative estimate of drug-likeness (QED) is 0.724. The maximum Gasteiger partial charge on any atom is 0.307 e. The van der Waals surface area contributed by atoms with E-state index < -0.39 is 28.9 Å². The lowest BCUT2D eigenvalue weighted by atomic mass is 9.77. The van der Waals surface area contributed by atoms with Crippen LogP contribution in [0.25, 0.3) is 0 Å². The molecule has 5 nitrogen and oxygen atoms in total. The van der Waals surface area contributed by atoms with Crippen LogP contribution in [0.1, 0.15) is 53.4 Å². The first-order valence-electron chi connectivity index (χ1n) is 6.83. The predicted molar refractivity (Wildman–Crippen MR) is 71.6 cm³/mol. The number of carbonyl (C=O) groups is 2. The highest BCUT2D eigenvalue weighted by atomic mass is 16.4. The van der Waals surface area contributed by atoms with Crippen molar-refractivity contribution in [3.05, 3.63) is 0 Å². The molecule has 1 aliphatic carbocycles. The van der Waals surface area contributed by atoms with E-state index in [0.29, 0.717) is 12.8 Å². The van der Waals surface area contributed by atoms with Crippen LogP contribution in [0.2, 0.25) is 0 Å². The molecule has 0 aromatic heterocycles. The predicted octanol–water partition coefficient (Wildman–Crippen LogP) is 1.54. The van der Waals surface area contributed by atoms with Crippen molar-refractivity contribution in [3.8, 4) is 0 Å². The molecular weight excluding hydrogens is 246 g/mol. The van der Waals surface area contributed by atoms with E-state index in [2.05, 4.69) is 5.32 Å². The molecular formula is C14H25NO4. The van der Waals surface area contributed by atoms with Gasteiger partial charge < -0.3 is 15.5 Å². The molecule has 0 aliphatic heterocycles. The Labute approximate surface area is 114 Å². The Kier molecular flexibility index (Phi) is 4.61. The second-order valence-electron chi connectivity index (χ2n) is 6.51. The third-order valence-corrected chi connectivity index (χ3v) is 4.39. The monoisotopic (exact) mass is 271 g/mol. The summed E-state index contributed by atoms with van der Waals surface area (Å²) in [7, 11) is 0. The number of aliphatic hydroxyl groups is 1. The zero-order valence-electron chi connectivity index (χ0n) is 12.2. The fourth-order valence-electron chi connectivity index (χ4n) is 2.29. The van der Waals surface area contributed by atoms with Crippen LogP contribution < -0.4 is 5.32 Å². The number of hydrogen-bond acceptors (Lipinski definition) is 3. The average Bonchev–Trinajstić information content (AvgIpc) is 2.26. The molecule has 1 fully saturated rings. The topological polar surface area (TPSA) is 86.6 Å². The minimum absolute atomic E-state index is 0.265. The lowest BCUT2D eigenvalue weighted by Crippen LogP contribution is -2.59. The van der Waals surface area contributed by atoms with Gasteiger partial charge in [0.05, 0.1) is 23.0 Å². The van der Waals surface area contributed by atoms with E-state index in [-0.39, 0.29) is 5.91 Å². The number of carbonyl (C=O) groups excluding carboxylic acids is 1. The van der Waals surface area contributed by atoms with Gasteiger partial charge in [0.2, 0.25) is 5.91 Å². The lowest BCUT2D eigenvalue weighted by Gasteiger charge is -2.40. The third-order valence-electron chi connectivity index (χ3n) is 4.39. The molecule has 0 unspecified atom stereocenters. The number of rotatable bonds is 4. The Bertz CT molecular complexity index is 357. The number of hydrogen-bond donors (Lipinski definition) is 3. The van der Waals surface area contributed by atoms with Gasteiger partial charge in [-0.3, -0.25) is 9.59 Å². The Morgan fingerprint density at radius 3 is 1.95 bits per heavy atom. The molecule has 0 heterocycles. The Morgan fingerprint density at radius 1 is 1.05 bits per heavy atom. The van der Waals surface area contributed by atoms with E-state index in [0.717, 1.165) is 12.8 Å². The number of aliphatic carboxylic acids is 1. The first-order valence-corrected chi connectivity index (χ1v) is 6.83. The van der Waals surface area contributed by atoms with Crippen LogP contribution >= 0.6 is 0 Å². The molecule has 110 valence electrons. The summed E-state index contributed by atoms with van der Waals surface area (Å²) in [5.74, 6) is -2.26. The Morgan fingerprint density at radius 2 is 1.53 bits per heavy atom. The molecule has 1 aliphatic rings. The van der Waals surface area contributed by atoms with Crippen molar-refractivity contribution in [3.63, 3.8) is 0 Å². The van der Waals surface area contributed by atoms with E-state index in [1.165, 1.54) is 0 Å². The minimum atomic E-state index is -1.07. The molecule has 1 saturated carbocycles. The summed E-state index contributed by atoms with van der Waals surface area (Å²) in [6.07, 6.45) is 2.89. The Balaban J connectivity index is 2.79.